The Hall–Kier alpha value is -2.65. The van der Waals surface area contributed by atoms with Gasteiger partial charge in [-0.1, -0.05) is 60.7 Å². The van der Waals surface area contributed by atoms with Crippen molar-refractivity contribution >= 4 is 44.7 Å². The Labute approximate surface area is 146 Å². The van der Waals surface area contributed by atoms with Crippen LogP contribution in [0.25, 0.3) is 21.8 Å². The zero-order chi connectivity index (χ0) is 16.5. The lowest BCUT2D eigenvalue weighted by Crippen LogP contribution is -2.10. The van der Waals surface area contributed by atoms with Gasteiger partial charge in [-0.2, -0.15) is 0 Å². The normalized spacial score (nSPS) is 11.0. The van der Waals surface area contributed by atoms with Crippen molar-refractivity contribution in [1.82, 2.24) is 4.57 Å². The summed E-state index contributed by atoms with van der Waals surface area (Å²) in [5.74, 6) is 0. The minimum absolute atomic E-state index is 0.745. The van der Waals surface area contributed by atoms with E-state index in [0.29, 0.717) is 0 Å². The predicted octanol–water partition coefficient (Wildman–Crippen LogP) is 5.60. The number of aryl methyl sites for hydroxylation is 1. The fourth-order valence-electron chi connectivity index (χ4n) is 3.26. The van der Waals surface area contributed by atoms with Gasteiger partial charge in [-0.05, 0) is 31.2 Å². The second kappa shape index (κ2) is 6.10. The highest BCUT2D eigenvalue weighted by atomic mass is 32.1. The fourth-order valence-corrected chi connectivity index (χ4v) is 3.52. The highest BCUT2D eigenvalue weighted by molar-refractivity contribution is 7.81. The Bertz CT molecular complexity index is 1030. The van der Waals surface area contributed by atoms with Gasteiger partial charge >= 0.3 is 0 Å². The van der Waals surface area contributed by atoms with Crippen molar-refractivity contribution in [1.29, 1.82) is 0 Å². The van der Waals surface area contributed by atoms with E-state index in [1.165, 1.54) is 21.8 Å². The lowest BCUT2D eigenvalue weighted by Gasteiger charge is -2.09. The van der Waals surface area contributed by atoms with E-state index in [1.807, 2.05) is 30.3 Å². The van der Waals surface area contributed by atoms with Gasteiger partial charge in [0.15, 0.2) is 0 Å². The van der Waals surface area contributed by atoms with Crippen LogP contribution in [0.4, 0.5) is 5.69 Å². The molecule has 2 nitrogen and oxygen atoms in total. The molecule has 0 atom stereocenters. The fraction of sp³-hybridized carbons (Fsp3) is 0.0952. The van der Waals surface area contributed by atoms with Gasteiger partial charge in [0.05, 0.1) is 0 Å². The van der Waals surface area contributed by atoms with Crippen molar-refractivity contribution in [3.63, 3.8) is 0 Å². The number of thiocarbonyl (C=S) groups is 1. The zero-order valence-corrected chi connectivity index (χ0v) is 14.3. The van der Waals surface area contributed by atoms with Crippen LogP contribution < -0.4 is 5.32 Å². The number of hydrogen-bond acceptors (Lipinski definition) is 1. The Morgan fingerprint density at radius 3 is 2.38 bits per heavy atom. The molecule has 3 heteroatoms. The highest BCUT2D eigenvalue weighted by Gasteiger charge is 2.10. The quantitative estimate of drug-likeness (QED) is 0.492. The number of para-hydroxylation sites is 1. The van der Waals surface area contributed by atoms with E-state index < -0.39 is 0 Å². The number of anilines is 1. The average Bonchev–Trinajstić information content (AvgIpc) is 2.95. The van der Waals surface area contributed by atoms with Crippen LogP contribution in [0.3, 0.4) is 0 Å². The van der Waals surface area contributed by atoms with Crippen LogP contribution in [0.2, 0.25) is 0 Å². The maximum absolute atomic E-state index is 5.53. The highest BCUT2D eigenvalue weighted by Crippen LogP contribution is 2.31. The zero-order valence-electron chi connectivity index (χ0n) is 13.5. The third-order valence-corrected chi connectivity index (χ3v) is 4.72. The smallest absolute Gasteiger partial charge is 0.110 e. The van der Waals surface area contributed by atoms with Crippen molar-refractivity contribution < 1.29 is 0 Å². The molecule has 0 radical (unpaired) electrons. The summed E-state index contributed by atoms with van der Waals surface area (Å²) in [5, 5.41) is 5.90. The first kappa shape index (κ1) is 14.9. The molecule has 24 heavy (non-hydrogen) atoms. The van der Waals surface area contributed by atoms with Crippen LogP contribution in [0, 0.1) is 0 Å². The van der Waals surface area contributed by atoms with Crippen molar-refractivity contribution in [2.45, 2.75) is 13.5 Å². The maximum atomic E-state index is 5.53. The summed E-state index contributed by atoms with van der Waals surface area (Å²) in [4.78, 5) is 0.745. The molecular formula is C21H18N2S. The lowest BCUT2D eigenvalue weighted by molar-refractivity contribution is 0.827. The van der Waals surface area contributed by atoms with Gasteiger partial charge in [0.1, 0.15) is 4.99 Å². The summed E-state index contributed by atoms with van der Waals surface area (Å²) >= 11 is 5.53. The summed E-state index contributed by atoms with van der Waals surface area (Å²) in [7, 11) is 0. The van der Waals surface area contributed by atoms with Gasteiger partial charge in [-0.25, -0.2) is 0 Å². The number of aromatic nitrogens is 1. The molecule has 0 aliphatic carbocycles. The van der Waals surface area contributed by atoms with Gasteiger partial charge in [0, 0.05) is 39.6 Å². The molecule has 0 unspecified atom stereocenters. The molecule has 4 rings (SSSR count). The Balaban J connectivity index is 1.78. The largest absolute Gasteiger partial charge is 0.346 e. The lowest BCUT2D eigenvalue weighted by atomic mass is 10.1. The molecular weight excluding hydrogens is 312 g/mol. The summed E-state index contributed by atoms with van der Waals surface area (Å²) in [6.07, 6.45) is 0. The molecule has 3 aromatic carbocycles. The van der Waals surface area contributed by atoms with E-state index in [-0.39, 0.29) is 0 Å². The molecule has 0 fully saturated rings. The van der Waals surface area contributed by atoms with Gasteiger partial charge in [0.2, 0.25) is 0 Å². The number of rotatable bonds is 3. The van der Waals surface area contributed by atoms with E-state index in [4.69, 9.17) is 12.2 Å². The van der Waals surface area contributed by atoms with E-state index in [9.17, 15) is 0 Å². The summed E-state index contributed by atoms with van der Waals surface area (Å²) in [6.45, 7) is 3.14. The predicted molar refractivity (Wildman–Crippen MR) is 107 cm³/mol. The van der Waals surface area contributed by atoms with Crippen LogP contribution in [-0.2, 0) is 6.54 Å². The van der Waals surface area contributed by atoms with Gasteiger partial charge in [-0.3, -0.25) is 0 Å². The van der Waals surface area contributed by atoms with E-state index in [2.05, 4.69) is 59.3 Å². The number of hydrogen-bond donors (Lipinski definition) is 1. The van der Waals surface area contributed by atoms with Crippen molar-refractivity contribution in [2.24, 2.45) is 0 Å². The van der Waals surface area contributed by atoms with Gasteiger partial charge < -0.3 is 9.88 Å². The summed E-state index contributed by atoms with van der Waals surface area (Å²) in [6, 6.07) is 25.1. The van der Waals surface area contributed by atoms with Crippen LogP contribution in [0.5, 0.6) is 0 Å². The minimum Gasteiger partial charge on any atom is -0.346 e. The second-order valence-corrected chi connectivity index (χ2v) is 6.22. The Kier molecular flexibility index (Phi) is 3.79. The molecule has 0 aliphatic rings. The summed E-state index contributed by atoms with van der Waals surface area (Å²) < 4.78 is 2.35. The molecule has 0 aliphatic heterocycles. The third kappa shape index (κ3) is 2.47. The molecule has 1 aromatic heterocycles. The van der Waals surface area contributed by atoms with Crippen molar-refractivity contribution in [3.8, 4) is 0 Å². The van der Waals surface area contributed by atoms with E-state index in [1.54, 1.807) is 0 Å². The first-order chi connectivity index (χ1) is 11.8. The van der Waals surface area contributed by atoms with Crippen molar-refractivity contribution in [2.75, 3.05) is 5.32 Å². The molecule has 0 spiro atoms. The third-order valence-electron chi connectivity index (χ3n) is 4.38. The average molecular weight is 330 g/mol. The molecule has 1 N–H and O–H groups in total. The number of fused-ring (bicyclic) bond motifs is 3. The second-order valence-electron chi connectivity index (χ2n) is 5.81. The topological polar surface area (TPSA) is 17.0 Å². The van der Waals surface area contributed by atoms with Crippen LogP contribution in [0.15, 0.2) is 72.8 Å². The number of benzene rings is 3. The van der Waals surface area contributed by atoms with Gasteiger partial charge in [-0.15, -0.1) is 0 Å². The monoisotopic (exact) mass is 330 g/mol. The van der Waals surface area contributed by atoms with Crippen LogP contribution >= 0.6 is 12.2 Å². The van der Waals surface area contributed by atoms with E-state index in [0.717, 1.165) is 22.8 Å². The van der Waals surface area contributed by atoms with Crippen molar-refractivity contribution in [3.05, 3.63) is 78.4 Å². The summed E-state index contributed by atoms with van der Waals surface area (Å²) in [5.41, 5.74) is 4.59. The Morgan fingerprint density at radius 1 is 0.875 bits per heavy atom. The maximum Gasteiger partial charge on any atom is 0.110 e. The molecule has 118 valence electrons. The minimum atomic E-state index is 0.745. The SMILES string of the molecule is CCn1c2ccccc2c2cc(NC(=S)c3ccccc3)ccc21. The Morgan fingerprint density at radius 2 is 1.58 bits per heavy atom. The number of nitrogens with one attached hydrogen (secondary N) is 1. The first-order valence-electron chi connectivity index (χ1n) is 8.15. The molecule has 0 bridgehead atoms. The number of nitrogens with zero attached hydrogens (tertiary/aromatic N) is 1. The van der Waals surface area contributed by atoms with Gasteiger partial charge in [0.25, 0.3) is 0 Å². The van der Waals surface area contributed by atoms with Crippen LogP contribution in [0.1, 0.15) is 12.5 Å². The van der Waals surface area contributed by atoms with E-state index >= 15 is 0 Å². The molecule has 0 saturated carbocycles. The van der Waals surface area contributed by atoms with Crippen LogP contribution in [-0.4, -0.2) is 9.56 Å². The first-order valence-corrected chi connectivity index (χ1v) is 8.56. The molecule has 4 aromatic rings. The molecule has 0 amide bonds. The molecule has 0 saturated heterocycles. The standard InChI is InChI=1S/C21H18N2S/c1-2-23-19-11-7-6-10-17(19)18-14-16(12-13-20(18)23)22-21(24)15-8-4-3-5-9-15/h3-14H,2H2,1H3,(H,22,24). The molecule has 1 heterocycles.